The van der Waals surface area contributed by atoms with E-state index in [9.17, 15) is 5.11 Å². The van der Waals surface area contributed by atoms with Gasteiger partial charge in [0.05, 0.1) is 0 Å². The summed E-state index contributed by atoms with van der Waals surface area (Å²) in [5.74, 6) is 0. The van der Waals surface area contributed by atoms with Crippen LogP contribution in [0.2, 0.25) is 0 Å². The maximum absolute atomic E-state index is 9.30. The van der Waals surface area contributed by atoms with Gasteiger partial charge in [-0.05, 0) is 0 Å². The topological polar surface area (TPSA) is 83.1 Å². The quantitative estimate of drug-likeness (QED) is 0.584. The van der Waals surface area contributed by atoms with Crippen LogP contribution >= 0.6 is 0 Å². The molecule has 0 bridgehead atoms. The third-order valence-corrected chi connectivity index (χ3v) is 0.204. The molecule has 0 aliphatic carbocycles. The summed E-state index contributed by atoms with van der Waals surface area (Å²) >= 11 is 0. The van der Waals surface area contributed by atoms with Crippen molar-refractivity contribution in [1.82, 2.24) is 0 Å². The first kappa shape index (κ1) is 25.1. The molecular weight excluding hydrogens is 293 g/mol. The molecule has 0 unspecified atom stereocenters. The third kappa shape index (κ3) is 49.4. The summed E-state index contributed by atoms with van der Waals surface area (Å²) in [5.41, 5.74) is 0. The van der Waals surface area contributed by atoms with E-state index in [0.29, 0.717) is 0 Å². The molecule has 4 heteroatoms. The summed E-state index contributed by atoms with van der Waals surface area (Å²) in [6.45, 7) is 1.94. The Morgan fingerprint density at radius 1 is 1.29 bits per heavy atom. The van der Waals surface area contributed by atoms with Gasteiger partial charge in [-0.2, -0.15) is 0 Å². The van der Waals surface area contributed by atoms with Gasteiger partial charge in [-0.3, -0.25) is 0 Å². The second-order valence-electron chi connectivity index (χ2n) is 0.704. The molecule has 0 atom stereocenters. The molecule has 2 radical (unpaired) electrons. The van der Waals surface area contributed by atoms with Gasteiger partial charge in [0.2, 0.25) is 0 Å². The van der Waals surface area contributed by atoms with Crippen LogP contribution in [0.25, 0.3) is 0 Å². The fourth-order valence-corrected chi connectivity index (χ4v) is 0. The Balaban J connectivity index is -0.0000000150. The molecule has 0 saturated carbocycles. The second kappa shape index (κ2) is 29.4. The van der Waals surface area contributed by atoms with Gasteiger partial charge in [0.1, 0.15) is 0 Å². The first-order chi connectivity index (χ1) is 1.91. The van der Waals surface area contributed by atoms with E-state index < -0.39 is 0 Å². The van der Waals surface area contributed by atoms with E-state index in [0.717, 1.165) is 6.42 Å². The van der Waals surface area contributed by atoms with Crippen LogP contribution in [0.3, 0.4) is 0 Å². The van der Waals surface area contributed by atoms with Gasteiger partial charge in [0.15, 0.2) is 0 Å². The Hall–Kier alpha value is 0.763. The maximum Gasteiger partial charge on any atom is 3.00 e. The zero-order valence-electron chi connectivity index (χ0n) is 4.16. The van der Waals surface area contributed by atoms with Crippen molar-refractivity contribution < 1.29 is 16.1 Å². The minimum Gasteiger partial charge on any atom is -0.870 e. The van der Waals surface area contributed by atoms with E-state index in [-0.39, 0.29) is 43.8 Å². The predicted molar refractivity (Wildman–Crippen MR) is 24.8 cm³/mol. The minimum absolute atomic E-state index is 0. The monoisotopic (exact) mass is 302 g/mol. The molecule has 0 saturated heterocycles. The normalized spacial score (nSPS) is 4.29. The number of hydrogen-bond acceptors (Lipinski definition) is 3. The first-order valence-corrected chi connectivity index (χ1v) is 1.50. The maximum atomic E-state index is 9.30. The zero-order chi connectivity index (χ0) is 3.41. The molecule has 0 fully saturated rings. The molecule has 0 aliphatic rings. The molecule has 2 N–H and O–H groups in total. The molecule has 7 heavy (non-hydrogen) atoms. The molecule has 0 spiro atoms. The molecule has 0 aromatic rings. The average molecular weight is 302 g/mol. The molecule has 0 aliphatic heterocycles. The van der Waals surface area contributed by atoms with Crippen LogP contribution in [0, 0.1) is 0 Å². The van der Waals surface area contributed by atoms with E-state index in [2.05, 4.69) is 0 Å². The van der Waals surface area contributed by atoms with Crippen molar-refractivity contribution >= 4 is 26.2 Å². The van der Waals surface area contributed by atoms with Crippen molar-refractivity contribution in [1.29, 1.82) is 0 Å². The summed E-state index contributed by atoms with van der Waals surface area (Å²) in [6.07, 6.45) is 0.764. The summed E-state index contributed by atoms with van der Waals surface area (Å²) in [4.78, 5) is 0. The van der Waals surface area contributed by atoms with Crippen molar-refractivity contribution in [3.8, 4) is 0 Å². The van der Waals surface area contributed by atoms with Gasteiger partial charge in [-0.1, -0.05) is 13.3 Å². The number of rotatable bonds is 1. The number of hydrogen-bond donors (Lipinski definition) is 0. The Bertz CT molecular complexity index is 12.1. The SMILES string of the molecule is CCC[O-].[Bi+3].[OH-].[OH-]. The smallest absolute Gasteiger partial charge is 0.870 e. The van der Waals surface area contributed by atoms with Gasteiger partial charge in [-0.15, -0.1) is 6.61 Å². The van der Waals surface area contributed by atoms with E-state index in [1.165, 1.54) is 0 Å². The molecule has 44 valence electrons. The Labute approximate surface area is 62.5 Å². The summed E-state index contributed by atoms with van der Waals surface area (Å²) in [5, 5.41) is 9.30. The van der Waals surface area contributed by atoms with Gasteiger partial charge in [0, 0.05) is 0 Å². The van der Waals surface area contributed by atoms with Crippen molar-refractivity contribution in [2.45, 2.75) is 13.3 Å². The molecule has 0 aromatic carbocycles. The van der Waals surface area contributed by atoms with Crippen LogP contribution in [0.5, 0.6) is 0 Å². The standard InChI is InChI=1S/C3H7O.Bi.2H2O/c1-2-3-4;;;/h2-3H2,1H3;;2*1H2/q-1;+3;;/p-2. The van der Waals surface area contributed by atoms with Crippen LogP contribution < -0.4 is 5.11 Å². The second-order valence-corrected chi connectivity index (χ2v) is 0.704. The van der Waals surface area contributed by atoms with Crippen LogP contribution in [0.4, 0.5) is 0 Å². The fraction of sp³-hybridized carbons (Fsp3) is 1.00. The summed E-state index contributed by atoms with van der Waals surface area (Å²) < 4.78 is 0. The third-order valence-electron chi connectivity index (χ3n) is 0.204. The van der Waals surface area contributed by atoms with E-state index in [1.807, 2.05) is 6.92 Å². The van der Waals surface area contributed by atoms with Gasteiger partial charge >= 0.3 is 26.2 Å². The fourth-order valence-electron chi connectivity index (χ4n) is 0. The minimum atomic E-state index is 0. The van der Waals surface area contributed by atoms with Crippen LogP contribution in [-0.4, -0.2) is 43.8 Å². The Kier molecular flexibility index (Phi) is 105. The molecular formula is C3H9BiO3. The van der Waals surface area contributed by atoms with Gasteiger partial charge in [-0.25, -0.2) is 0 Å². The van der Waals surface area contributed by atoms with Crippen LogP contribution in [0.1, 0.15) is 13.3 Å². The molecule has 3 nitrogen and oxygen atoms in total. The summed E-state index contributed by atoms with van der Waals surface area (Å²) in [7, 11) is 0. The van der Waals surface area contributed by atoms with Crippen LogP contribution in [-0.2, 0) is 0 Å². The van der Waals surface area contributed by atoms with Crippen molar-refractivity contribution in [3.05, 3.63) is 0 Å². The van der Waals surface area contributed by atoms with Crippen molar-refractivity contribution in [2.24, 2.45) is 0 Å². The summed E-state index contributed by atoms with van der Waals surface area (Å²) in [6, 6.07) is 0. The largest absolute Gasteiger partial charge is 3.00 e. The van der Waals surface area contributed by atoms with Crippen molar-refractivity contribution in [3.63, 3.8) is 0 Å². The van der Waals surface area contributed by atoms with E-state index in [1.54, 1.807) is 0 Å². The van der Waals surface area contributed by atoms with Crippen molar-refractivity contribution in [2.75, 3.05) is 6.61 Å². The van der Waals surface area contributed by atoms with E-state index >= 15 is 0 Å². The van der Waals surface area contributed by atoms with Gasteiger partial charge in [0.25, 0.3) is 0 Å². The van der Waals surface area contributed by atoms with Crippen LogP contribution in [0.15, 0.2) is 0 Å². The first-order valence-electron chi connectivity index (χ1n) is 1.50. The average Bonchev–Trinajstić information content (AvgIpc) is 1.37. The van der Waals surface area contributed by atoms with Gasteiger partial charge < -0.3 is 16.1 Å². The Morgan fingerprint density at radius 3 is 1.43 bits per heavy atom. The zero-order valence-corrected chi connectivity index (χ0v) is 7.64. The molecule has 0 rings (SSSR count). The Morgan fingerprint density at radius 2 is 1.43 bits per heavy atom. The van der Waals surface area contributed by atoms with E-state index in [4.69, 9.17) is 0 Å². The molecule has 0 amide bonds. The molecule has 0 heterocycles. The molecule has 0 aromatic heterocycles. The predicted octanol–water partition coefficient (Wildman–Crippen LogP) is -0.978.